The molecule has 23 nitrogen and oxygen atoms in total. The Morgan fingerprint density at radius 3 is 1.47 bits per heavy atom. The van der Waals surface area contributed by atoms with Crippen LogP contribution in [0.2, 0.25) is 0 Å². The molecule has 0 saturated carbocycles. The number of hydrogen-bond acceptors (Lipinski definition) is 15. The summed E-state index contributed by atoms with van der Waals surface area (Å²) in [6.45, 7) is 19.8. The predicted molar refractivity (Wildman–Crippen MR) is 364 cm³/mol. The highest BCUT2D eigenvalue weighted by Crippen LogP contribution is 2.30. The van der Waals surface area contributed by atoms with E-state index in [0.29, 0.717) is 167 Å². The Balaban J connectivity index is 0.597. The largest absolute Gasteiger partial charge is 0.379 e. The van der Waals surface area contributed by atoms with E-state index in [1.54, 1.807) is 74.9 Å². The molecule has 0 spiro atoms. The first-order valence-corrected chi connectivity index (χ1v) is 32.3. The van der Waals surface area contributed by atoms with Crippen molar-refractivity contribution in [3.8, 4) is 51.3 Å². The van der Waals surface area contributed by atoms with Crippen LogP contribution in [0.15, 0.2) is 143 Å². The highest BCUT2D eigenvalue weighted by Gasteiger charge is 2.24. The van der Waals surface area contributed by atoms with Gasteiger partial charge in [0.2, 0.25) is 0 Å². The van der Waals surface area contributed by atoms with Crippen LogP contribution < -0.4 is 27.1 Å². The monoisotopic (exact) mass is 1310 g/mol. The lowest BCUT2D eigenvalue weighted by Gasteiger charge is -2.18. The van der Waals surface area contributed by atoms with Crippen LogP contribution in [0.5, 0.6) is 0 Å². The Bertz CT molecular complexity index is 3840. The molecule has 0 aliphatic heterocycles. The zero-order valence-electron chi connectivity index (χ0n) is 54.9. The third-order valence-corrected chi connectivity index (χ3v) is 15.7. The number of unbranched alkanes of at least 4 members (excludes halogenated alkanes) is 2. The molecule has 0 saturated heterocycles. The summed E-state index contributed by atoms with van der Waals surface area (Å²) in [6, 6.07) is 37.9. The van der Waals surface area contributed by atoms with Gasteiger partial charge >= 0.3 is 6.03 Å². The maximum atomic E-state index is 14.1. The summed E-state index contributed by atoms with van der Waals surface area (Å²) < 4.78 is 40.4. The molecule has 4 heterocycles. The second-order valence-electron chi connectivity index (χ2n) is 22.7. The number of Topliss-reactive ketones (excluding diaryl/α,β-unsaturated/α-hetero) is 2. The average molecular weight is 1310 g/mol. The summed E-state index contributed by atoms with van der Waals surface area (Å²) in [5, 5.41) is 26.8. The fourth-order valence-corrected chi connectivity index (χ4v) is 10.7. The number of pyridine rings is 2. The van der Waals surface area contributed by atoms with E-state index in [2.05, 4.69) is 37.1 Å². The fraction of sp³-hybridized carbons (Fsp3) is 0.370. The van der Waals surface area contributed by atoms with Gasteiger partial charge < -0.3 is 44.4 Å². The number of ether oxygens (including phenoxy) is 6. The Labute approximate surface area is 558 Å². The van der Waals surface area contributed by atoms with Crippen molar-refractivity contribution in [2.45, 2.75) is 79.1 Å². The van der Waals surface area contributed by atoms with Crippen LogP contribution in [-0.4, -0.2) is 151 Å². The zero-order valence-corrected chi connectivity index (χ0v) is 54.9. The Kier molecular flexibility index (Phi) is 28.3. The molecule has 4 aromatic heterocycles. The Morgan fingerprint density at radius 1 is 0.490 bits per heavy atom. The zero-order chi connectivity index (χ0) is 68.0. The van der Waals surface area contributed by atoms with E-state index in [0.717, 1.165) is 36.1 Å². The van der Waals surface area contributed by atoms with Crippen LogP contribution in [0.3, 0.4) is 0 Å². The van der Waals surface area contributed by atoms with Gasteiger partial charge in [-0.3, -0.25) is 33.1 Å². The molecule has 0 aliphatic carbocycles. The normalized spacial score (nSPS) is 11.1. The van der Waals surface area contributed by atoms with Gasteiger partial charge in [-0.25, -0.2) is 19.0 Å². The van der Waals surface area contributed by atoms with E-state index in [1.807, 2.05) is 100 Å². The second kappa shape index (κ2) is 37.8. The molecule has 3 amide bonds. The molecule has 502 valence electrons. The van der Waals surface area contributed by atoms with Crippen LogP contribution in [0.1, 0.15) is 100 Å². The summed E-state index contributed by atoms with van der Waals surface area (Å²) in [6.07, 6.45) is 7.66. The molecule has 0 unspecified atom stereocenters. The van der Waals surface area contributed by atoms with Crippen molar-refractivity contribution >= 4 is 29.2 Å². The highest BCUT2D eigenvalue weighted by molar-refractivity contribution is 5.97. The maximum absolute atomic E-state index is 14.1. The SMILES string of the molecule is [C-]#[N+]c1ccc(-n2nccc2-c2cc(C(=O)CCCOCCOCCOCCCC(=O)CCCCCNC(=O)NCCOCCOCCOCCNC(=O)c3cc(-c4ccnn4-c4ccc(C#N)cc4)c(C)n(-c4cccc(C)c4)c3=O)c(=O)n(-c3cccc(C)c3)c2C)cc1. The number of amides is 3. The summed E-state index contributed by atoms with van der Waals surface area (Å²) in [4.78, 5) is 83.6. The molecular formula is C73H83N11O12. The molecule has 8 rings (SSSR count). The Hall–Kier alpha value is -9.98. The molecule has 0 radical (unpaired) electrons. The minimum atomic E-state index is -0.547. The fourth-order valence-electron chi connectivity index (χ4n) is 10.7. The summed E-state index contributed by atoms with van der Waals surface area (Å²) in [5.74, 6) is -0.660. The van der Waals surface area contributed by atoms with Crippen molar-refractivity contribution < 1.29 is 47.6 Å². The number of nitriles is 1. The number of carbonyl (C=O) groups excluding carboxylic acids is 4. The van der Waals surface area contributed by atoms with Crippen LogP contribution in [0, 0.1) is 45.6 Å². The van der Waals surface area contributed by atoms with Crippen LogP contribution in [-0.2, 0) is 33.2 Å². The first-order valence-electron chi connectivity index (χ1n) is 32.3. The lowest BCUT2D eigenvalue weighted by atomic mass is 10.0. The summed E-state index contributed by atoms with van der Waals surface area (Å²) in [5.41, 5.74) is 8.76. The molecule has 96 heavy (non-hydrogen) atoms. The first-order chi connectivity index (χ1) is 46.8. The first kappa shape index (κ1) is 71.9. The van der Waals surface area contributed by atoms with Gasteiger partial charge in [-0.15, -0.1) is 0 Å². The number of aryl methyl sites for hydroxylation is 2. The van der Waals surface area contributed by atoms with Gasteiger partial charge in [0.15, 0.2) is 11.5 Å². The Morgan fingerprint density at radius 2 is 0.948 bits per heavy atom. The van der Waals surface area contributed by atoms with Crippen LogP contribution in [0.25, 0.3) is 50.1 Å². The average Bonchev–Trinajstić information content (AvgIpc) is 1.69. The standard InChI is InChI=1S/C73H83N11O12/c1-52-13-9-15-60(47-52)81-54(3)63(67-28-31-80-84(67)59-26-22-57(75-5)23-27-59)49-65(71(81)88)69(86)19-12-36-92-40-44-95-43-39-91-35-11-18-62(85)17-7-6-8-30-77-73(90)78-34-38-94-42-46-96-45-41-93-37-33-76-70(87)66-50-64(55(4)82(72(66)89)61-16-10-14-53(2)48-61)68-29-32-79-83(68)58-24-20-56(51-74)21-25-58/h9-10,13-16,20-29,31-32,47-50H,6-8,11-12,17-19,30,33-46H2,1-4H3,(H,76,87)(H2,77,78,90). The lowest BCUT2D eigenvalue weighted by Crippen LogP contribution is -2.37. The number of urea groups is 1. The number of nitrogens with zero attached hydrogens (tertiary/aromatic N) is 8. The number of hydrogen-bond donors (Lipinski definition) is 3. The van der Waals surface area contributed by atoms with Crippen molar-refractivity contribution in [2.24, 2.45) is 0 Å². The van der Waals surface area contributed by atoms with Gasteiger partial charge in [0.25, 0.3) is 17.0 Å². The minimum Gasteiger partial charge on any atom is -0.379 e. The third-order valence-electron chi connectivity index (χ3n) is 15.7. The van der Waals surface area contributed by atoms with E-state index in [-0.39, 0.29) is 54.9 Å². The number of aromatic nitrogens is 6. The molecule has 4 aromatic carbocycles. The topological polar surface area (TPSA) is 268 Å². The quantitative estimate of drug-likeness (QED) is 0.0183. The number of carbonyl (C=O) groups is 4. The minimum absolute atomic E-state index is 0.0428. The number of benzene rings is 4. The molecule has 23 heteroatoms. The van der Waals surface area contributed by atoms with Crippen molar-refractivity contribution in [3.05, 3.63) is 205 Å². The number of rotatable bonds is 40. The van der Waals surface area contributed by atoms with Crippen molar-refractivity contribution in [3.63, 3.8) is 0 Å². The molecule has 0 fully saturated rings. The second-order valence-corrected chi connectivity index (χ2v) is 22.7. The van der Waals surface area contributed by atoms with Gasteiger partial charge in [0, 0.05) is 86.0 Å². The molecule has 0 aliphatic rings. The van der Waals surface area contributed by atoms with Crippen molar-refractivity contribution in [1.29, 1.82) is 5.26 Å². The highest BCUT2D eigenvalue weighted by atomic mass is 16.5. The molecule has 0 atom stereocenters. The van der Waals surface area contributed by atoms with E-state index in [1.165, 1.54) is 4.57 Å². The number of ketones is 2. The van der Waals surface area contributed by atoms with Crippen LogP contribution >= 0.6 is 0 Å². The van der Waals surface area contributed by atoms with E-state index in [9.17, 15) is 34.0 Å². The van der Waals surface area contributed by atoms with E-state index in [4.69, 9.17) is 35.0 Å². The third kappa shape index (κ3) is 20.8. The van der Waals surface area contributed by atoms with E-state index < -0.39 is 17.0 Å². The molecule has 8 aromatic rings. The van der Waals surface area contributed by atoms with Gasteiger partial charge in [-0.1, -0.05) is 42.8 Å². The summed E-state index contributed by atoms with van der Waals surface area (Å²) >= 11 is 0. The number of nitrogens with one attached hydrogen (secondary N) is 3. The van der Waals surface area contributed by atoms with Crippen LogP contribution in [0.4, 0.5) is 10.5 Å². The lowest BCUT2D eigenvalue weighted by molar-refractivity contribution is -0.119. The van der Waals surface area contributed by atoms with Crippen molar-refractivity contribution in [2.75, 3.05) is 98.9 Å². The van der Waals surface area contributed by atoms with E-state index >= 15 is 0 Å². The molecule has 0 bridgehead atoms. The van der Waals surface area contributed by atoms with Crippen molar-refractivity contribution in [1.82, 2.24) is 44.6 Å². The smallest absolute Gasteiger partial charge is 0.314 e. The maximum Gasteiger partial charge on any atom is 0.314 e. The predicted octanol–water partition coefficient (Wildman–Crippen LogP) is 10.1. The van der Waals surface area contributed by atoms with Gasteiger partial charge in [-0.05, 0) is 149 Å². The summed E-state index contributed by atoms with van der Waals surface area (Å²) in [7, 11) is 0. The van der Waals surface area contributed by atoms with Gasteiger partial charge in [0.1, 0.15) is 11.3 Å². The molecular weight excluding hydrogens is 1220 g/mol. The van der Waals surface area contributed by atoms with Gasteiger partial charge in [-0.2, -0.15) is 15.5 Å². The van der Waals surface area contributed by atoms with Gasteiger partial charge in [0.05, 0.1) is 125 Å². The molecule has 3 N–H and O–H groups in total.